The highest BCUT2D eigenvalue weighted by atomic mass is 15.0. The van der Waals surface area contributed by atoms with Crippen molar-refractivity contribution in [1.82, 2.24) is 14.1 Å². The molecule has 0 bridgehead atoms. The van der Waals surface area contributed by atoms with Gasteiger partial charge in [-0.15, -0.1) is 0 Å². The number of benzene rings is 1. The molecule has 0 fully saturated rings. The first-order valence-electron chi connectivity index (χ1n) is 4.88. The molecule has 3 rings (SSSR count). The van der Waals surface area contributed by atoms with E-state index in [1.165, 1.54) is 10.9 Å². The average molecular weight is 197 g/mol. The lowest BCUT2D eigenvalue weighted by Crippen LogP contribution is -1.91. The van der Waals surface area contributed by atoms with Crippen molar-refractivity contribution in [1.29, 1.82) is 0 Å². The molecular formula is C12H11N3. The van der Waals surface area contributed by atoms with E-state index in [0.717, 1.165) is 5.69 Å². The van der Waals surface area contributed by atoms with Crippen LogP contribution >= 0.6 is 0 Å². The minimum absolute atomic E-state index is 1.14. The van der Waals surface area contributed by atoms with Gasteiger partial charge in [-0.05, 0) is 23.6 Å². The van der Waals surface area contributed by atoms with Crippen molar-refractivity contribution in [2.45, 2.75) is 0 Å². The van der Waals surface area contributed by atoms with Crippen molar-refractivity contribution in [2.75, 3.05) is 0 Å². The third kappa shape index (κ3) is 1.24. The summed E-state index contributed by atoms with van der Waals surface area (Å²) in [6.45, 7) is 0. The van der Waals surface area contributed by atoms with Crippen molar-refractivity contribution < 1.29 is 0 Å². The van der Waals surface area contributed by atoms with Gasteiger partial charge in [-0.3, -0.25) is 0 Å². The third-order valence-electron chi connectivity index (χ3n) is 2.67. The van der Waals surface area contributed by atoms with E-state index in [1.54, 1.807) is 6.20 Å². The van der Waals surface area contributed by atoms with E-state index >= 15 is 0 Å². The van der Waals surface area contributed by atoms with Gasteiger partial charge in [0.15, 0.2) is 0 Å². The molecule has 0 aliphatic carbocycles. The molecule has 0 N–H and O–H groups in total. The van der Waals surface area contributed by atoms with Gasteiger partial charge in [0.1, 0.15) is 0 Å². The van der Waals surface area contributed by atoms with Crippen molar-refractivity contribution in [3.63, 3.8) is 0 Å². The number of rotatable bonds is 1. The van der Waals surface area contributed by atoms with Crippen LogP contribution in [-0.2, 0) is 7.05 Å². The van der Waals surface area contributed by atoms with Crippen molar-refractivity contribution in [3.05, 3.63) is 49.2 Å². The Morgan fingerprint density at radius 1 is 1.13 bits per heavy atom. The van der Waals surface area contributed by atoms with E-state index in [9.17, 15) is 0 Å². The van der Waals surface area contributed by atoms with Crippen molar-refractivity contribution >= 4 is 10.9 Å². The Hall–Kier alpha value is -2.03. The Morgan fingerprint density at radius 3 is 2.87 bits per heavy atom. The quantitative estimate of drug-likeness (QED) is 0.587. The zero-order valence-electron chi connectivity index (χ0n) is 8.46. The van der Waals surface area contributed by atoms with Crippen molar-refractivity contribution in [3.8, 4) is 5.69 Å². The van der Waals surface area contributed by atoms with E-state index in [0.29, 0.717) is 0 Å². The summed E-state index contributed by atoms with van der Waals surface area (Å²) in [5.41, 5.74) is 2.38. The van der Waals surface area contributed by atoms with Gasteiger partial charge >= 0.3 is 0 Å². The Morgan fingerprint density at radius 2 is 2.07 bits per heavy atom. The molecule has 3 heteroatoms. The lowest BCUT2D eigenvalue weighted by molar-refractivity contribution is 0.965. The predicted molar refractivity (Wildman–Crippen MR) is 60.0 cm³/mol. The summed E-state index contributed by atoms with van der Waals surface area (Å²) in [4.78, 5) is 4.04. The van der Waals surface area contributed by atoms with Gasteiger partial charge in [-0.1, -0.05) is 6.07 Å². The Balaban J connectivity index is 2.25. The van der Waals surface area contributed by atoms with Gasteiger partial charge in [0.05, 0.1) is 6.33 Å². The molecule has 0 radical (unpaired) electrons. The summed E-state index contributed by atoms with van der Waals surface area (Å²) in [6.07, 6.45) is 7.62. The summed E-state index contributed by atoms with van der Waals surface area (Å²) in [7, 11) is 2.06. The molecule has 0 aliphatic rings. The summed E-state index contributed by atoms with van der Waals surface area (Å²) in [6, 6.07) is 8.51. The second-order valence-electron chi connectivity index (χ2n) is 3.64. The van der Waals surface area contributed by atoms with Crippen LogP contribution in [0.25, 0.3) is 16.6 Å². The molecule has 0 saturated heterocycles. The minimum atomic E-state index is 1.14. The number of nitrogens with zero attached hydrogens (tertiary/aromatic N) is 3. The number of fused-ring (bicyclic) bond motifs is 1. The molecule has 0 unspecified atom stereocenters. The van der Waals surface area contributed by atoms with E-state index in [2.05, 4.69) is 47.1 Å². The van der Waals surface area contributed by atoms with Crippen LogP contribution in [0.3, 0.4) is 0 Å². The first kappa shape index (κ1) is 8.29. The maximum atomic E-state index is 4.04. The maximum Gasteiger partial charge on any atom is 0.0991 e. The van der Waals surface area contributed by atoms with Gasteiger partial charge < -0.3 is 9.13 Å². The van der Waals surface area contributed by atoms with Gasteiger partial charge in [-0.2, -0.15) is 0 Å². The van der Waals surface area contributed by atoms with Crippen LogP contribution in [0.4, 0.5) is 0 Å². The number of hydrogen-bond donors (Lipinski definition) is 0. The highest BCUT2D eigenvalue weighted by Crippen LogP contribution is 2.18. The summed E-state index contributed by atoms with van der Waals surface area (Å²) in [5, 5.41) is 1.27. The van der Waals surface area contributed by atoms with E-state index in [-0.39, 0.29) is 0 Å². The molecule has 2 heterocycles. The van der Waals surface area contributed by atoms with Crippen molar-refractivity contribution in [2.24, 2.45) is 7.05 Å². The van der Waals surface area contributed by atoms with E-state index < -0.39 is 0 Å². The first-order valence-corrected chi connectivity index (χ1v) is 4.88. The van der Waals surface area contributed by atoms with Gasteiger partial charge in [-0.25, -0.2) is 4.98 Å². The van der Waals surface area contributed by atoms with Crippen LogP contribution in [0.5, 0.6) is 0 Å². The predicted octanol–water partition coefficient (Wildman–Crippen LogP) is 2.36. The lowest BCUT2D eigenvalue weighted by Gasteiger charge is -2.03. The van der Waals surface area contributed by atoms with Crippen LogP contribution in [0.1, 0.15) is 0 Å². The third-order valence-corrected chi connectivity index (χ3v) is 2.67. The molecule has 74 valence electrons. The number of hydrogen-bond acceptors (Lipinski definition) is 1. The van der Waals surface area contributed by atoms with Crippen LogP contribution in [0.15, 0.2) is 49.2 Å². The minimum Gasteiger partial charge on any atom is -0.350 e. The molecule has 0 amide bonds. The monoisotopic (exact) mass is 197 g/mol. The molecule has 15 heavy (non-hydrogen) atoms. The molecule has 0 aliphatic heterocycles. The van der Waals surface area contributed by atoms with Gasteiger partial charge in [0.2, 0.25) is 0 Å². The van der Waals surface area contributed by atoms with E-state index in [1.807, 2.05) is 17.1 Å². The molecule has 0 saturated carbocycles. The number of aryl methyl sites for hydroxylation is 1. The fraction of sp³-hybridized carbons (Fsp3) is 0.0833. The number of aromatic nitrogens is 3. The fourth-order valence-electron chi connectivity index (χ4n) is 1.82. The lowest BCUT2D eigenvalue weighted by atomic mass is 10.2. The van der Waals surface area contributed by atoms with Gasteiger partial charge in [0, 0.05) is 36.8 Å². The summed E-state index contributed by atoms with van der Waals surface area (Å²) >= 11 is 0. The van der Waals surface area contributed by atoms with Crippen LogP contribution in [-0.4, -0.2) is 14.1 Å². The van der Waals surface area contributed by atoms with E-state index in [4.69, 9.17) is 0 Å². The highest BCUT2D eigenvalue weighted by molar-refractivity contribution is 5.82. The second kappa shape index (κ2) is 2.98. The van der Waals surface area contributed by atoms with Crippen LogP contribution < -0.4 is 0 Å². The van der Waals surface area contributed by atoms with Crippen LogP contribution in [0, 0.1) is 0 Å². The Kier molecular flexibility index (Phi) is 1.65. The zero-order chi connectivity index (χ0) is 10.3. The SMILES string of the molecule is Cn1ccc2ccc(-n3ccnc3)cc21. The van der Waals surface area contributed by atoms with Crippen LogP contribution in [0.2, 0.25) is 0 Å². The smallest absolute Gasteiger partial charge is 0.0991 e. The average Bonchev–Trinajstić information content (AvgIpc) is 2.88. The fourth-order valence-corrected chi connectivity index (χ4v) is 1.82. The summed E-state index contributed by atoms with van der Waals surface area (Å²) in [5.74, 6) is 0. The zero-order valence-corrected chi connectivity index (χ0v) is 8.46. The molecule has 3 nitrogen and oxygen atoms in total. The molecule has 0 spiro atoms. The topological polar surface area (TPSA) is 22.8 Å². The highest BCUT2D eigenvalue weighted by Gasteiger charge is 2.00. The second-order valence-corrected chi connectivity index (χ2v) is 3.64. The first-order chi connectivity index (χ1) is 7.34. The Labute approximate surface area is 87.6 Å². The molecule has 1 aromatic carbocycles. The molecule has 3 aromatic rings. The molecule has 2 aromatic heterocycles. The molecule has 0 atom stereocenters. The molecular weight excluding hydrogens is 186 g/mol. The standard InChI is InChI=1S/C12H11N3/c1-14-6-4-10-2-3-11(8-12(10)14)15-7-5-13-9-15/h2-9H,1H3. The van der Waals surface area contributed by atoms with Gasteiger partial charge in [0.25, 0.3) is 0 Å². The Bertz CT molecular complexity index is 590. The maximum absolute atomic E-state index is 4.04. The summed E-state index contributed by atoms with van der Waals surface area (Å²) < 4.78 is 4.13. The normalized spacial score (nSPS) is 11.0. The number of imidazole rings is 1. The largest absolute Gasteiger partial charge is 0.350 e.